The van der Waals surface area contributed by atoms with Crippen LogP contribution in [0.4, 0.5) is 6.01 Å². The summed E-state index contributed by atoms with van der Waals surface area (Å²) in [7, 11) is 0. The van der Waals surface area contributed by atoms with Gasteiger partial charge in [0.2, 0.25) is 0 Å². The summed E-state index contributed by atoms with van der Waals surface area (Å²) in [4.78, 5) is 7.01. The number of fused-ring (bicyclic) bond motifs is 1. The zero-order valence-electron chi connectivity index (χ0n) is 12.6. The summed E-state index contributed by atoms with van der Waals surface area (Å²) in [5.41, 5.74) is 3.24. The minimum atomic E-state index is 0.535. The smallest absolute Gasteiger partial charge is 0.298 e. The average Bonchev–Trinajstić information content (AvgIpc) is 3.20. The van der Waals surface area contributed by atoms with Crippen molar-refractivity contribution in [1.82, 2.24) is 4.98 Å². The number of aromatic nitrogens is 1. The van der Waals surface area contributed by atoms with E-state index >= 15 is 0 Å². The quantitative estimate of drug-likeness (QED) is 0.712. The fourth-order valence-electron chi connectivity index (χ4n) is 3.35. The van der Waals surface area contributed by atoms with Gasteiger partial charge in [0, 0.05) is 12.6 Å². The van der Waals surface area contributed by atoms with Crippen molar-refractivity contribution in [2.75, 3.05) is 11.4 Å². The number of aryl methyl sites for hydroxylation is 1. The van der Waals surface area contributed by atoms with Crippen molar-refractivity contribution in [2.24, 2.45) is 0 Å². The molecule has 3 nitrogen and oxygen atoms in total. The Labute approximate surface area is 130 Å². The molecule has 1 unspecified atom stereocenters. The average molecular weight is 292 g/mol. The number of para-hydroxylation sites is 2. The summed E-state index contributed by atoms with van der Waals surface area (Å²) in [5.74, 6) is 0. The molecule has 3 aromatic rings. The number of oxazole rings is 1. The molecule has 1 aliphatic rings. The zero-order chi connectivity index (χ0) is 14.8. The lowest BCUT2D eigenvalue weighted by Gasteiger charge is -2.22. The largest absolute Gasteiger partial charge is 0.423 e. The summed E-state index contributed by atoms with van der Waals surface area (Å²) in [6, 6.07) is 20.0. The molecule has 0 spiro atoms. The third-order valence-electron chi connectivity index (χ3n) is 4.51. The Bertz CT molecular complexity index is 717. The van der Waals surface area contributed by atoms with E-state index in [0.29, 0.717) is 6.04 Å². The number of anilines is 1. The van der Waals surface area contributed by atoms with E-state index in [4.69, 9.17) is 4.42 Å². The topological polar surface area (TPSA) is 29.3 Å². The van der Waals surface area contributed by atoms with Gasteiger partial charge < -0.3 is 9.32 Å². The maximum absolute atomic E-state index is 5.95. The molecule has 4 rings (SSSR count). The summed E-state index contributed by atoms with van der Waals surface area (Å²) in [6.45, 7) is 1.05. The molecular weight excluding hydrogens is 272 g/mol. The lowest BCUT2D eigenvalue weighted by atomic mass is 10.0. The molecule has 1 saturated heterocycles. The Morgan fingerprint density at radius 2 is 1.86 bits per heavy atom. The normalized spacial score (nSPS) is 18.2. The number of benzene rings is 2. The van der Waals surface area contributed by atoms with E-state index in [1.807, 2.05) is 24.3 Å². The molecule has 1 atom stereocenters. The van der Waals surface area contributed by atoms with Crippen molar-refractivity contribution < 1.29 is 4.42 Å². The number of nitrogens with zero attached hydrogens (tertiary/aromatic N) is 2. The summed E-state index contributed by atoms with van der Waals surface area (Å²) in [5, 5.41) is 0. The van der Waals surface area contributed by atoms with Crippen LogP contribution in [0.15, 0.2) is 59.0 Å². The van der Waals surface area contributed by atoms with Crippen LogP contribution >= 0.6 is 0 Å². The maximum atomic E-state index is 5.95. The zero-order valence-corrected chi connectivity index (χ0v) is 12.6. The Morgan fingerprint density at radius 3 is 2.73 bits per heavy atom. The molecule has 3 heteroatoms. The van der Waals surface area contributed by atoms with Gasteiger partial charge in [-0.05, 0) is 43.4 Å². The van der Waals surface area contributed by atoms with Crippen LogP contribution in [0, 0.1) is 0 Å². The Morgan fingerprint density at radius 1 is 1.05 bits per heavy atom. The van der Waals surface area contributed by atoms with Crippen molar-refractivity contribution in [3.8, 4) is 0 Å². The Kier molecular flexibility index (Phi) is 3.55. The van der Waals surface area contributed by atoms with Gasteiger partial charge in [0.1, 0.15) is 5.52 Å². The highest BCUT2D eigenvalue weighted by Crippen LogP contribution is 2.30. The Balaban J connectivity index is 1.50. The van der Waals surface area contributed by atoms with Gasteiger partial charge in [-0.2, -0.15) is 4.98 Å². The third-order valence-corrected chi connectivity index (χ3v) is 4.51. The number of hydrogen-bond donors (Lipinski definition) is 0. The maximum Gasteiger partial charge on any atom is 0.298 e. The van der Waals surface area contributed by atoms with Crippen molar-refractivity contribution >= 4 is 17.1 Å². The first kappa shape index (κ1) is 13.4. The molecule has 0 saturated carbocycles. The van der Waals surface area contributed by atoms with Gasteiger partial charge in [0.25, 0.3) is 6.01 Å². The molecule has 0 aliphatic carbocycles. The molecule has 22 heavy (non-hydrogen) atoms. The second-order valence-corrected chi connectivity index (χ2v) is 5.98. The minimum absolute atomic E-state index is 0.535. The van der Waals surface area contributed by atoms with Gasteiger partial charge in [-0.15, -0.1) is 0 Å². The summed E-state index contributed by atoms with van der Waals surface area (Å²) >= 11 is 0. The third kappa shape index (κ3) is 2.59. The molecule has 1 aromatic heterocycles. The van der Waals surface area contributed by atoms with Crippen molar-refractivity contribution in [3.63, 3.8) is 0 Å². The predicted octanol–water partition coefficient (Wildman–Crippen LogP) is 4.43. The molecule has 2 heterocycles. The van der Waals surface area contributed by atoms with Gasteiger partial charge in [-0.25, -0.2) is 0 Å². The van der Waals surface area contributed by atoms with Gasteiger partial charge >= 0.3 is 0 Å². The first-order valence-electron chi connectivity index (χ1n) is 8.06. The van der Waals surface area contributed by atoms with Crippen LogP contribution < -0.4 is 4.90 Å². The van der Waals surface area contributed by atoms with Gasteiger partial charge in [-0.1, -0.05) is 42.5 Å². The SMILES string of the molecule is c1ccc(CCC2CCCN2c2nc3ccccc3o2)cc1. The van der Waals surface area contributed by atoms with Crippen LogP contribution in [0.1, 0.15) is 24.8 Å². The van der Waals surface area contributed by atoms with E-state index in [9.17, 15) is 0 Å². The van der Waals surface area contributed by atoms with E-state index in [2.05, 4.69) is 40.2 Å². The molecule has 1 fully saturated rings. The van der Waals surface area contributed by atoms with E-state index in [1.165, 1.54) is 18.4 Å². The first-order valence-corrected chi connectivity index (χ1v) is 8.06. The molecule has 1 aliphatic heterocycles. The van der Waals surface area contributed by atoms with Crippen LogP contribution in [-0.2, 0) is 6.42 Å². The highest BCUT2D eigenvalue weighted by atomic mass is 16.4. The van der Waals surface area contributed by atoms with Crippen molar-refractivity contribution in [2.45, 2.75) is 31.7 Å². The summed E-state index contributed by atoms with van der Waals surface area (Å²) in [6.07, 6.45) is 4.72. The van der Waals surface area contributed by atoms with E-state index in [-0.39, 0.29) is 0 Å². The van der Waals surface area contributed by atoms with Gasteiger partial charge in [0.05, 0.1) is 0 Å². The van der Waals surface area contributed by atoms with E-state index in [0.717, 1.165) is 36.5 Å². The second-order valence-electron chi connectivity index (χ2n) is 5.98. The Hall–Kier alpha value is -2.29. The number of rotatable bonds is 4. The lowest BCUT2D eigenvalue weighted by molar-refractivity contribution is 0.531. The van der Waals surface area contributed by atoms with Crippen molar-refractivity contribution in [1.29, 1.82) is 0 Å². The fourth-order valence-corrected chi connectivity index (χ4v) is 3.35. The van der Waals surface area contributed by atoms with E-state index < -0.39 is 0 Å². The molecule has 0 radical (unpaired) electrons. The van der Waals surface area contributed by atoms with Crippen LogP contribution in [-0.4, -0.2) is 17.6 Å². The standard InChI is InChI=1S/C19H20N2O/c1-2-7-15(8-3-1)12-13-16-9-6-14-21(16)19-20-17-10-4-5-11-18(17)22-19/h1-5,7-8,10-11,16H,6,9,12-14H2. The van der Waals surface area contributed by atoms with Gasteiger partial charge in [-0.3, -0.25) is 0 Å². The van der Waals surface area contributed by atoms with Gasteiger partial charge in [0.15, 0.2) is 5.58 Å². The van der Waals surface area contributed by atoms with Crippen molar-refractivity contribution in [3.05, 3.63) is 60.2 Å². The molecule has 0 bridgehead atoms. The molecule has 0 amide bonds. The minimum Gasteiger partial charge on any atom is -0.423 e. The molecular formula is C19H20N2O. The fraction of sp³-hybridized carbons (Fsp3) is 0.316. The highest BCUT2D eigenvalue weighted by molar-refractivity contribution is 5.74. The van der Waals surface area contributed by atoms with Crippen LogP contribution in [0.5, 0.6) is 0 Å². The monoisotopic (exact) mass is 292 g/mol. The number of hydrogen-bond acceptors (Lipinski definition) is 3. The summed E-state index contributed by atoms with van der Waals surface area (Å²) < 4.78 is 5.95. The molecule has 112 valence electrons. The van der Waals surface area contributed by atoms with Crippen LogP contribution in [0.3, 0.4) is 0 Å². The predicted molar refractivity (Wildman–Crippen MR) is 89.1 cm³/mol. The first-order chi connectivity index (χ1) is 10.9. The van der Waals surface area contributed by atoms with E-state index in [1.54, 1.807) is 0 Å². The lowest BCUT2D eigenvalue weighted by Crippen LogP contribution is -2.29. The highest BCUT2D eigenvalue weighted by Gasteiger charge is 2.27. The second kappa shape index (κ2) is 5.84. The molecule has 0 N–H and O–H groups in total. The van der Waals surface area contributed by atoms with Crippen LogP contribution in [0.25, 0.3) is 11.1 Å². The van der Waals surface area contributed by atoms with Crippen LogP contribution in [0.2, 0.25) is 0 Å². The molecule has 2 aromatic carbocycles.